The number of hydrogen-bond donors (Lipinski definition) is 1. The van der Waals surface area contributed by atoms with Gasteiger partial charge in [-0.25, -0.2) is 4.79 Å². The molecule has 1 amide bonds. The second-order valence-corrected chi connectivity index (χ2v) is 3.47. The van der Waals surface area contributed by atoms with Crippen LogP contribution in [-0.4, -0.2) is 45.2 Å². The third-order valence-electron chi connectivity index (χ3n) is 1.56. The fraction of sp³-hybridized carbons (Fsp3) is 0.571. The topological polar surface area (TPSA) is 106 Å². The molecule has 8 heteroatoms. The predicted molar refractivity (Wildman–Crippen MR) is 86.2 cm³/mol. The van der Waals surface area contributed by atoms with Gasteiger partial charge in [0, 0.05) is 71.0 Å². The summed E-state index contributed by atoms with van der Waals surface area (Å²) in [7, 11) is 7.00. The van der Waals surface area contributed by atoms with E-state index >= 15 is 0 Å². The van der Waals surface area contributed by atoms with E-state index in [-0.39, 0.29) is 65.4 Å². The molecule has 0 saturated heterocycles. The Morgan fingerprint density at radius 2 is 1.09 bits per heavy atom. The Morgan fingerprint density at radius 1 is 0.864 bits per heavy atom. The van der Waals surface area contributed by atoms with Crippen LogP contribution in [0, 0.1) is 0 Å². The molecular formula is C14H28N3O3Y2-3. The van der Waals surface area contributed by atoms with Crippen LogP contribution in [0.5, 0.6) is 0 Å². The van der Waals surface area contributed by atoms with Gasteiger partial charge in [0.15, 0.2) is 0 Å². The van der Waals surface area contributed by atoms with Crippen molar-refractivity contribution in [3.63, 3.8) is 0 Å². The fourth-order valence-corrected chi connectivity index (χ4v) is 0.255. The summed E-state index contributed by atoms with van der Waals surface area (Å²) in [6.45, 7) is 6.61. The van der Waals surface area contributed by atoms with Crippen molar-refractivity contribution in [1.29, 1.82) is 0 Å². The van der Waals surface area contributed by atoms with Gasteiger partial charge in [-0.2, -0.15) is 28.2 Å². The predicted octanol–water partition coefficient (Wildman–Crippen LogP) is 3.80. The van der Waals surface area contributed by atoms with Gasteiger partial charge >= 0.3 is 5.97 Å². The van der Waals surface area contributed by atoms with E-state index in [2.05, 4.69) is 10.6 Å². The Labute approximate surface area is 185 Å². The van der Waals surface area contributed by atoms with Gasteiger partial charge in [0.25, 0.3) is 0 Å². The molecule has 0 atom stereocenters. The number of carboxylic acid groups (broad SMARTS) is 1. The molecule has 0 aromatic rings. The van der Waals surface area contributed by atoms with Crippen LogP contribution in [0.1, 0.15) is 27.7 Å². The first-order valence-corrected chi connectivity index (χ1v) is 5.90. The molecule has 0 aromatic heterocycles. The van der Waals surface area contributed by atoms with Crippen LogP contribution in [0.15, 0.2) is 23.3 Å². The maximum absolute atomic E-state index is 9.97. The van der Waals surface area contributed by atoms with Crippen molar-refractivity contribution in [2.24, 2.45) is 0 Å². The van der Waals surface area contributed by atoms with Crippen molar-refractivity contribution in [3.05, 3.63) is 39.7 Å². The van der Waals surface area contributed by atoms with E-state index in [0.717, 1.165) is 0 Å². The molecule has 0 bridgehead atoms. The van der Waals surface area contributed by atoms with E-state index in [1.165, 1.54) is 0 Å². The normalized spacial score (nSPS) is 8.91. The number of allylic oxidation sites excluding steroid dienone is 2. The largest absolute Gasteiger partial charge is 0.668 e. The first-order valence-electron chi connectivity index (χ1n) is 5.90. The van der Waals surface area contributed by atoms with E-state index in [1.807, 2.05) is 0 Å². The molecule has 0 saturated carbocycles. The Balaban J connectivity index is -0.0000000404. The molecule has 0 rings (SSSR count). The van der Waals surface area contributed by atoms with Crippen LogP contribution in [0.25, 0.3) is 16.4 Å². The van der Waals surface area contributed by atoms with Crippen molar-refractivity contribution in [1.82, 2.24) is 0 Å². The van der Waals surface area contributed by atoms with Gasteiger partial charge in [-0.15, -0.1) is 0 Å². The Morgan fingerprint density at radius 3 is 1.09 bits per heavy atom. The number of carbonyl (C=O) groups excluding carboxylic acids is 1. The van der Waals surface area contributed by atoms with Crippen LogP contribution in [0.4, 0.5) is 0 Å². The Bertz CT molecular complexity index is 278. The maximum Gasteiger partial charge on any atom is 0.330 e. The summed E-state index contributed by atoms with van der Waals surface area (Å²) in [5.74, 6) is -1.44. The first-order chi connectivity index (χ1) is 9.19. The molecule has 6 nitrogen and oxygen atoms in total. The number of carboxylic acids is 1. The second-order valence-electron chi connectivity index (χ2n) is 3.47. The number of hydrogen-bond acceptors (Lipinski definition) is 2. The second kappa shape index (κ2) is 33.2. The van der Waals surface area contributed by atoms with Crippen LogP contribution in [0.3, 0.4) is 0 Å². The van der Waals surface area contributed by atoms with Gasteiger partial charge in [0.05, 0.1) is 5.91 Å². The molecule has 126 valence electrons. The first kappa shape index (κ1) is 38.2. The zero-order chi connectivity index (χ0) is 17.1. The summed E-state index contributed by atoms with van der Waals surface area (Å²) in [4.78, 5) is 19.8. The minimum atomic E-state index is -0.845. The van der Waals surface area contributed by atoms with Crippen LogP contribution < -0.4 is 0 Å². The summed E-state index contributed by atoms with van der Waals surface area (Å²) in [5, 5.41) is 15.1. The van der Waals surface area contributed by atoms with Crippen molar-refractivity contribution in [2.75, 3.05) is 28.2 Å². The standard InChI is InChI=1S/C5H9NO.C5H8O2.2C2H6N.2Y/c2*1-3-4(2)5(6)7;2*1-3-2;;/h3H,1-2H3,(H2,6,7);3H,1-2H3,(H,6,7);2*1-2H3;;/q;;2*-1;;/p-1/b2*4-3-;;;;. The van der Waals surface area contributed by atoms with Crippen molar-refractivity contribution in [3.8, 4) is 0 Å². The summed E-state index contributed by atoms with van der Waals surface area (Å²) < 4.78 is 0. The van der Waals surface area contributed by atoms with Crippen molar-refractivity contribution >= 4 is 11.9 Å². The van der Waals surface area contributed by atoms with E-state index in [9.17, 15) is 9.59 Å². The third kappa shape index (κ3) is 49.9. The Kier molecular flexibility index (Phi) is 57.7. The molecule has 0 aliphatic heterocycles. The molecule has 0 aliphatic carbocycles. The van der Waals surface area contributed by atoms with E-state index in [4.69, 9.17) is 10.8 Å². The van der Waals surface area contributed by atoms with Gasteiger partial charge in [-0.3, -0.25) is 0 Å². The average molecular weight is 464 g/mol. The summed E-state index contributed by atoms with van der Waals surface area (Å²) in [6, 6.07) is 0. The summed E-state index contributed by atoms with van der Waals surface area (Å²) in [6.07, 6.45) is 3.18. The SMILES string of the molecule is C/C=C(/C)C(=O)O.C/C=C(/C)C([NH-])=O.C[N-]C.C[N-]C.[Y].[Y]. The molecular weight excluding hydrogens is 436 g/mol. The van der Waals surface area contributed by atoms with E-state index in [0.29, 0.717) is 11.1 Å². The zero-order valence-corrected chi connectivity index (χ0v) is 20.6. The molecule has 0 heterocycles. The molecule has 22 heavy (non-hydrogen) atoms. The van der Waals surface area contributed by atoms with Crippen molar-refractivity contribution in [2.45, 2.75) is 27.7 Å². The molecule has 0 aliphatic rings. The summed E-state index contributed by atoms with van der Waals surface area (Å²) >= 11 is 0. The quantitative estimate of drug-likeness (QED) is 0.629. The number of rotatable bonds is 2. The third-order valence-corrected chi connectivity index (χ3v) is 1.56. The molecule has 0 unspecified atom stereocenters. The van der Waals surface area contributed by atoms with Crippen LogP contribution in [-0.2, 0) is 75.0 Å². The van der Waals surface area contributed by atoms with Gasteiger partial charge in [-0.05, 0) is 33.3 Å². The maximum atomic E-state index is 9.97. The molecule has 2 N–H and O–H groups in total. The number of nitrogens with zero attached hydrogens (tertiary/aromatic N) is 2. The van der Waals surface area contributed by atoms with Gasteiger partial charge in [0.2, 0.25) is 0 Å². The zero-order valence-electron chi connectivity index (χ0n) is 15.0. The van der Waals surface area contributed by atoms with Gasteiger partial charge in [-0.1, -0.05) is 12.2 Å². The van der Waals surface area contributed by atoms with E-state index < -0.39 is 11.9 Å². The summed E-state index contributed by atoms with van der Waals surface area (Å²) in [5.41, 5.74) is 7.37. The monoisotopic (exact) mass is 464 g/mol. The number of amides is 1. The number of aliphatic carboxylic acids is 1. The smallest absolute Gasteiger partial charge is 0.330 e. The minimum Gasteiger partial charge on any atom is -0.668 e. The van der Waals surface area contributed by atoms with Gasteiger partial charge < -0.3 is 26.3 Å². The molecule has 2 radical (unpaired) electrons. The van der Waals surface area contributed by atoms with Crippen molar-refractivity contribution < 1.29 is 80.1 Å². The Hall–Kier alpha value is 0.548. The molecule has 0 aromatic carbocycles. The number of nitrogens with one attached hydrogen (secondary N) is 1. The fourth-order valence-electron chi connectivity index (χ4n) is 0.255. The minimum absolute atomic E-state index is 0. The number of carbonyl (C=O) groups is 2. The van der Waals surface area contributed by atoms with E-state index in [1.54, 1.807) is 68.0 Å². The van der Waals surface area contributed by atoms with Crippen LogP contribution >= 0.6 is 0 Å². The molecule has 0 fully saturated rings. The van der Waals surface area contributed by atoms with Crippen LogP contribution in [0.2, 0.25) is 0 Å². The average Bonchev–Trinajstić information content (AvgIpc) is 2.39. The van der Waals surface area contributed by atoms with Gasteiger partial charge in [0.1, 0.15) is 0 Å². The molecule has 0 spiro atoms.